The average Bonchev–Trinajstić information content (AvgIpc) is 3.38. The van der Waals surface area contributed by atoms with Crippen molar-refractivity contribution in [3.8, 4) is 22.6 Å². The molecule has 1 fully saturated rings. The summed E-state index contributed by atoms with van der Waals surface area (Å²) in [5.41, 5.74) is 8.91. The number of aryl methyl sites for hydroxylation is 1. The second-order valence-electron chi connectivity index (χ2n) is 9.15. The summed E-state index contributed by atoms with van der Waals surface area (Å²) in [6, 6.07) is 13.9. The number of rotatable bonds is 12. The summed E-state index contributed by atoms with van der Waals surface area (Å²) in [7, 11) is 3.21. The van der Waals surface area contributed by atoms with E-state index in [1.807, 2.05) is 30.3 Å². The Labute approximate surface area is 227 Å². The molecule has 0 bridgehead atoms. The Morgan fingerprint density at radius 2 is 1.81 bits per heavy atom. The van der Waals surface area contributed by atoms with Gasteiger partial charge in [0.2, 0.25) is 5.91 Å². The summed E-state index contributed by atoms with van der Waals surface area (Å²) in [4.78, 5) is 21.5. The maximum Gasteiger partial charge on any atom is 0.231 e. The highest BCUT2D eigenvalue weighted by molar-refractivity contribution is 8.00. The molecule has 1 heterocycles. The molecule has 4 rings (SSSR count). The van der Waals surface area contributed by atoms with Gasteiger partial charge in [0.05, 0.1) is 19.5 Å². The van der Waals surface area contributed by atoms with E-state index in [4.69, 9.17) is 26.8 Å². The van der Waals surface area contributed by atoms with E-state index in [-0.39, 0.29) is 23.1 Å². The van der Waals surface area contributed by atoms with E-state index in [0.717, 1.165) is 54.8 Å². The molecule has 1 saturated carbocycles. The number of ether oxygens (including phenoxy) is 2. The van der Waals surface area contributed by atoms with Crippen molar-refractivity contribution in [1.29, 1.82) is 0 Å². The van der Waals surface area contributed by atoms with Crippen LogP contribution < -0.4 is 20.5 Å². The van der Waals surface area contributed by atoms with Gasteiger partial charge in [-0.15, -0.1) is 0 Å². The Morgan fingerprint density at radius 1 is 1.08 bits per heavy atom. The van der Waals surface area contributed by atoms with Crippen molar-refractivity contribution < 1.29 is 14.3 Å². The zero-order valence-corrected chi connectivity index (χ0v) is 22.7. The minimum absolute atomic E-state index is 0.146. The van der Waals surface area contributed by atoms with Crippen molar-refractivity contribution in [2.45, 2.75) is 48.6 Å². The van der Waals surface area contributed by atoms with Crippen molar-refractivity contribution in [1.82, 2.24) is 15.3 Å². The zero-order valence-electron chi connectivity index (χ0n) is 21.2. The van der Waals surface area contributed by atoms with E-state index in [1.165, 1.54) is 17.3 Å². The molecular formula is C28H33ClN4O3S. The fourth-order valence-corrected chi connectivity index (χ4v) is 6.04. The van der Waals surface area contributed by atoms with Gasteiger partial charge in [0.15, 0.2) is 16.7 Å². The first kappa shape index (κ1) is 27.2. The number of nitrogens with zero attached hydrogens (tertiary/aromatic N) is 2. The molecule has 1 aliphatic rings. The van der Waals surface area contributed by atoms with E-state index in [0.29, 0.717) is 16.7 Å². The molecular weight excluding hydrogens is 508 g/mol. The fraction of sp³-hybridized carbons (Fsp3) is 0.393. The SMILES string of the molecule is COc1ccc(-c2cnc(SC(C(N)=O)C3CCCC3NCCCc3ccc(Cl)cc3)nc2)cc1OC. The Morgan fingerprint density at radius 3 is 2.49 bits per heavy atom. The molecule has 9 heteroatoms. The molecule has 1 aromatic heterocycles. The van der Waals surface area contributed by atoms with Crippen molar-refractivity contribution >= 4 is 29.3 Å². The van der Waals surface area contributed by atoms with Crippen LogP contribution in [0.25, 0.3) is 11.1 Å². The number of benzene rings is 2. The van der Waals surface area contributed by atoms with Gasteiger partial charge in [0.1, 0.15) is 0 Å². The maximum atomic E-state index is 12.5. The number of nitrogens with one attached hydrogen (secondary N) is 1. The van der Waals surface area contributed by atoms with Gasteiger partial charge in [-0.2, -0.15) is 0 Å². The van der Waals surface area contributed by atoms with Crippen LogP contribution in [0.4, 0.5) is 0 Å². The Bertz CT molecular complexity index is 1180. The van der Waals surface area contributed by atoms with Gasteiger partial charge < -0.3 is 20.5 Å². The minimum Gasteiger partial charge on any atom is -0.493 e. The normalized spacial score (nSPS) is 17.9. The van der Waals surface area contributed by atoms with Gasteiger partial charge in [-0.3, -0.25) is 4.79 Å². The van der Waals surface area contributed by atoms with Crippen LogP contribution >= 0.6 is 23.4 Å². The molecule has 3 aromatic rings. The van der Waals surface area contributed by atoms with E-state index in [9.17, 15) is 4.79 Å². The monoisotopic (exact) mass is 540 g/mol. The molecule has 0 aliphatic heterocycles. The molecule has 37 heavy (non-hydrogen) atoms. The van der Waals surface area contributed by atoms with E-state index in [2.05, 4.69) is 27.4 Å². The number of aromatic nitrogens is 2. The molecule has 0 radical (unpaired) electrons. The zero-order chi connectivity index (χ0) is 26.2. The van der Waals surface area contributed by atoms with Gasteiger partial charge in [0.25, 0.3) is 0 Å². The van der Waals surface area contributed by atoms with Crippen molar-refractivity contribution in [3.05, 3.63) is 65.4 Å². The summed E-state index contributed by atoms with van der Waals surface area (Å²) in [5, 5.41) is 4.59. The number of nitrogens with two attached hydrogens (primary N) is 1. The van der Waals surface area contributed by atoms with Crippen LogP contribution in [0.5, 0.6) is 11.5 Å². The maximum absolute atomic E-state index is 12.5. The molecule has 2 aromatic carbocycles. The number of carbonyl (C=O) groups excluding carboxylic acids is 1. The van der Waals surface area contributed by atoms with E-state index >= 15 is 0 Å². The lowest BCUT2D eigenvalue weighted by atomic mass is 9.98. The fourth-order valence-electron chi connectivity index (χ4n) is 4.85. The Hall–Kier alpha value is -2.81. The van der Waals surface area contributed by atoms with Crippen LogP contribution in [0, 0.1) is 5.92 Å². The summed E-state index contributed by atoms with van der Waals surface area (Å²) < 4.78 is 10.7. The third kappa shape index (κ3) is 7.15. The number of thioether (sulfide) groups is 1. The van der Waals surface area contributed by atoms with Crippen LogP contribution in [-0.2, 0) is 11.2 Å². The van der Waals surface area contributed by atoms with E-state index in [1.54, 1.807) is 26.6 Å². The topological polar surface area (TPSA) is 99.4 Å². The number of halogens is 1. The minimum atomic E-state index is -0.386. The molecule has 0 spiro atoms. The number of hydrogen-bond donors (Lipinski definition) is 2. The Balaban J connectivity index is 1.36. The molecule has 196 valence electrons. The summed E-state index contributed by atoms with van der Waals surface area (Å²) in [6.45, 7) is 0.885. The second kappa shape index (κ2) is 13.1. The van der Waals surface area contributed by atoms with Crippen molar-refractivity contribution in [2.24, 2.45) is 11.7 Å². The quantitative estimate of drug-likeness (QED) is 0.186. The van der Waals surface area contributed by atoms with E-state index < -0.39 is 0 Å². The molecule has 1 aliphatic carbocycles. The third-order valence-electron chi connectivity index (χ3n) is 6.78. The van der Waals surface area contributed by atoms with Crippen LogP contribution in [0.3, 0.4) is 0 Å². The average molecular weight is 541 g/mol. The third-order valence-corrected chi connectivity index (χ3v) is 8.29. The van der Waals surface area contributed by atoms with Gasteiger partial charge in [-0.25, -0.2) is 9.97 Å². The summed E-state index contributed by atoms with van der Waals surface area (Å²) in [6.07, 6.45) is 8.58. The largest absolute Gasteiger partial charge is 0.493 e. The molecule has 3 atom stereocenters. The predicted octanol–water partition coefficient (Wildman–Crippen LogP) is 5.15. The highest BCUT2D eigenvalue weighted by Gasteiger charge is 2.37. The van der Waals surface area contributed by atoms with Gasteiger partial charge in [-0.05, 0) is 73.5 Å². The number of methoxy groups -OCH3 is 2. The number of amides is 1. The van der Waals surface area contributed by atoms with Crippen LogP contribution in [0.2, 0.25) is 5.02 Å². The first-order chi connectivity index (χ1) is 18.0. The van der Waals surface area contributed by atoms with Crippen molar-refractivity contribution in [2.75, 3.05) is 20.8 Å². The van der Waals surface area contributed by atoms with Crippen molar-refractivity contribution in [3.63, 3.8) is 0 Å². The standard InChI is InChI=1S/C28H33ClN4O3S/c1-35-24-13-10-19(15-25(24)36-2)20-16-32-28(33-17-20)37-26(27(30)34)22-6-3-7-23(22)31-14-4-5-18-8-11-21(29)12-9-18/h8-13,15-17,22-23,26,31H,3-7,14H2,1-2H3,(H2,30,34). The first-order valence-electron chi connectivity index (χ1n) is 12.5. The lowest BCUT2D eigenvalue weighted by Crippen LogP contribution is -2.43. The number of carbonyl (C=O) groups is 1. The smallest absolute Gasteiger partial charge is 0.231 e. The Kier molecular flexibility index (Phi) is 9.66. The predicted molar refractivity (Wildman–Crippen MR) is 148 cm³/mol. The lowest BCUT2D eigenvalue weighted by Gasteiger charge is -2.26. The van der Waals surface area contributed by atoms with Gasteiger partial charge in [0, 0.05) is 29.0 Å². The summed E-state index contributed by atoms with van der Waals surface area (Å²) in [5.74, 6) is 1.12. The molecule has 1 amide bonds. The number of hydrogen-bond acceptors (Lipinski definition) is 7. The second-order valence-corrected chi connectivity index (χ2v) is 10.7. The lowest BCUT2D eigenvalue weighted by molar-refractivity contribution is -0.118. The van der Waals surface area contributed by atoms with Crippen LogP contribution in [-0.4, -0.2) is 47.9 Å². The van der Waals surface area contributed by atoms with Gasteiger partial charge >= 0.3 is 0 Å². The molecule has 0 saturated heterocycles. The first-order valence-corrected chi connectivity index (χ1v) is 13.7. The summed E-state index contributed by atoms with van der Waals surface area (Å²) >= 11 is 7.33. The molecule has 7 nitrogen and oxygen atoms in total. The molecule has 3 unspecified atom stereocenters. The highest BCUT2D eigenvalue weighted by Crippen LogP contribution is 2.37. The van der Waals surface area contributed by atoms with Crippen LogP contribution in [0.1, 0.15) is 31.2 Å². The molecule has 3 N–H and O–H groups in total. The number of primary amides is 1. The van der Waals surface area contributed by atoms with Gasteiger partial charge in [-0.1, -0.05) is 48.0 Å². The van der Waals surface area contributed by atoms with Crippen LogP contribution in [0.15, 0.2) is 60.0 Å². The highest BCUT2D eigenvalue weighted by atomic mass is 35.5.